The molecule has 4 heteroatoms. The minimum absolute atomic E-state index is 0.393. The Morgan fingerprint density at radius 2 is 1.71 bits per heavy atom. The molecule has 0 aromatic heterocycles. The molecule has 0 saturated carbocycles. The Morgan fingerprint density at radius 3 is 2.06 bits per heavy atom. The number of nitrogens with zero attached hydrogens (tertiary/aromatic N) is 1. The zero-order valence-corrected chi connectivity index (χ0v) is 10.6. The van der Waals surface area contributed by atoms with E-state index in [0.717, 1.165) is 11.1 Å². The monoisotopic (exact) mass is 236 g/mol. The molecule has 1 aromatic rings. The van der Waals surface area contributed by atoms with Crippen molar-refractivity contribution in [2.75, 3.05) is 0 Å². The maximum Gasteiger partial charge on any atom is 0.408 e. The third-order valence-corrected chi connectivity index (χ3v) is 2.64. The van der Waals surface area contributed by atoms with E-state index in [4.69, 9.17) is 5.73 Å². The number of carbonyl (C=O) groups is 1. The highest BCUT2D eigenvalue weighted by Crippen LogP contribution is 2.17. The van der Waals surface area contributed by atoms with E-state index in [9.17, 15) is 9.90 Å². The zero-order valence-electron chi connectivity index (χ0n) is 10.6. The molecule has 0 aliphatic carbocycles. The Bertz CT molecular complexity index is 379. The topological polar surface area (TPSA) is 66.6 Å². The molecule has 0 aliphatic heterocycles. The predicted molar refractivity (Wildman–Crippen MR) is 67.7 cm³/mol. The van der Waals surface area contributed by atoms with Gasteiger partial charge in [0.25, 0.3) is 0 Å². The van der Waals surface area contributed by atoms with Gasteiger partial charge in [-0.25, -0.2) is 4.79 Å². The fraction of sp³-hybridized carbons (Fsp3) is 0.462. The summed E-state index contributed by atoms with van der Waals surface area (Å²) in [5, 5.41) is 9.18. The van der Waals surface area contributed by atoms with Crippen LogP contribution >= 0.6 is 0 Å². The van der Waals surface area contributed by atoms with Gasteiger partial charge in [-0.3, -0.25) is 4.90 Å². The molecule has 1 rings (SSSR count). The first kappa shape index (κ1) is 13.5. The number of carboxylic acid groups (broad SMARTS) is 1. The van der Waals surface area contributed by atoms with Gasteiger partial charge in [-0.15, -0.1) is 0 Å². The van der Waals surface area contributed by atoms with Crippen LogP contribution in [0.4, 0.5) is 4.79 Å². The van der Waals surface area contributed by atoms with Crippen LogP contribution in [0, 0.1) is 0 Å². The average molecular weight is 236 g/mol. The van der Waals surface area contributed by atoms with Crippen LogP contribution in [0.3, 0.4) is 0 Å². The van der Waals surface area contributed by atoms with Crippen LogP contribution in [0.2, 0.25) is 0 Å². The van der Waals surface area contributed by atoms with Crippen molar-refractivity contribution in [3.05, 3.63) is 35.4 Å². The van der Waals surface area contributed by atoms with Crippen molar-refractivity contribution in [2.45, 2.75) is 39.4 Å². The first-order valence-corrected chi connectivity index (χ1v) is 5.63. The summed E-state index contributed by atoms with van der Waals surface area (Å²) in [6.07, 6.45) is -0.902. The second-order valence-electron chi connectivity index (χ2n) is 5.06. The van der Waals surface area contributed by atoms with E-state index in [0.29, 0.717) is 13.1 Å². The van der Waals surface area contributed by atoms with Crippen molar-refractivity contribution in [1.82, 2.24) is 4.90 Å². The van der Waals surface area contributed by atoms with Crippen LogP contribution in [-0.4, -0.2) is 21.6 Å². The van der Waals surface area contributed by atoms with Crippen LogP contribution in [-0.2, 0) is 13.1 Å². The molecule has 0 fully saturated rings. The van der Waals surface area contributed by atoms with E-state index in [-0.39, 0.29) is 0 Å². The third-order valence-electron chi connectivity index (χ3n) is 2.64. The van der Waals surface area contributed by atoms with E-state index >= 15 is 0 Å². The van der Waals surface area contributed by atoms with Crippen LogP contribution < -0.4 is 5.73 Å². The van der Waals surface area contributed by atoms with Crippen molar-refractivity contribution < 1.29 is 9.90 Å². The van der Waals surface area contributed by atoms with Gasteiger partial charge >= 0.3 is 6.09 Å². The number of hydrogen-bond acceptors (Lipinski definition) is 2. The standard InChI is InChI=1S/C13H20N2O2/c1-13(2,3)15(12(16)17)9-11-6-4-10(8-14)5-7-11/h4-7H,8-9,14H2,1-3H3,(H,16,17). The highest BCUT2D eigenvalue weighted by molar-refractivity contribution is 5.66. The minimum atomic E-state index is -0.902. The fourth-order valence-electron chi connectivity index (χ4n) is 1.56. The summed E-state index contributed by atoms with van der Waals surface area (Å²) in [5.41, 5.74) is 7.13. The summed E-state index contributed by atoms with van der Waals surface area (Å²) in [7, 11) is 0. The summed E-state index contributed by atoms with van der Waals surface area (Å²) in [6, 6.07) is 7.70. The van der Waals surface area contributed by atoms with Gasteiger partial charge in [0, 0.05) is 18.6 Å². The summed E-state index contributed by atoms with van der Waals surface area (Å²) < 4.78 is 0. The Hall–Kier alpha value is -1.55. The lowest BCUT2D eigenvalue weighted by Gasteiger charge is -2.33. The van der Waals surface area contributed by atoms with Crippen molar-refractivity contribution in [3.8, 4) is 0 Å². The van der Waals surface area contributed by atoms with Gasteiger partial charge in [0.15, 0.2) is 0 Å². The Kier molecular flexibility index (Phi) is 4.12. The van der Waals surface area contributed by atoms with E-state index in [2.05, 4.69) is 0 Å². The molecule has 0 unspecified atom stereocenters. The normalized spacial score (nSPS) is 11.3. The van der Waals surface area contributed by atoms with Crippen molar-refractivity contribution in [3.63, 3.8) is 0 Å². The molecule has 0 heterocycles. The average Bonchev–Trinajstić information content (AvgIpc) is 2.24. The maximum atomic E-state index is 11.2. The van der Waals surface area contributed by atoms with Gasteiger partial charge in [-0.1, -0.05) is 24.3 Å². The molecule has 94 valence electrons. The second-order valence-corrected chi connectivity index (χ2v) is 5.06. The second kappa shape index (κ2) is 5.19. The molecule has 4 nitrogen and oxygen atoms in total. The molecule has 0 spiro atoms. The smallest absolute Gasteiger partial charge is 0.408 e. The lowest BCUT2D eigenvalue weighted by molar-refractivity contribution is 0.0955. The first-order valence-electron chi connectivity index (χ1n) is 5.63. The zero-order chi connectivity index (χ0) is 13.1. The van der Waals surface area contributed by atoms with Crippen molar-refractivity contribution in [2.24, 2.45) is 5.73 Å². The number of rotatable bonds is 3. The Labute approximate surface area is 102 Å². The maximum absolute atomic E-state index is 11.2. The quantitative estimate of drug-likeness (QED) is 0.847. The largest absolute Gasteiger partial charge is 0.465 e. The van der Waals surface area contributed by atoms with Crippen LogP contribution in [0.15, 0.2) is 24.3 Å². The summed E-state index contributed by atoms with van der Waals surface area (Å²) in [4.78, 5) is 12.6. The molecule has 0 atom stereocenters. The Morgan fingerprint density at radius 1 is 1.24 bits per heavy atom. The van der Waals surface area contributed by atoms with Gasteiger partial charge in [-0.2, -0.15) is 0 Å². The van der Waals surface area contributed by atoms with Crippen molar-refractivity contribution >= 4 is 6.09 Å². The number of amides is 1. The van der Waals surface area contributed by atoms with Gasteiger partial charge in [0.2, 0.25) is 0 Å². The third kappa shape index (κ3) is 3.75. The number of benzene rings is 1. The number of hydrogen-bond donors (Lipinski definition) is 2. The van der Waals surface area contributed by atoms with Gasteiger partial charge < -0.3 is 10.8 Å². The fourth-order valence-corrected chi connectivity index (χ4v) is 1.56. The van der Waals surface area contributed by atoms with E-state index in [1.807, 2.05) is 45.0 Å². The van der Waals surface area contributed by atoms with Crippen LogP contribution in [0.25, 0.3) is 0 Å². The summed E-state index contributed by atoms with van der Waals surface area (Å²) in [5.74, 6) is 0. The van der Waals surface area contributed by atoms with E-state index in [1.54, 1.807) is 0 Å². The number of nitrogens with two attached hydrogens (primary N) is 1. The minimum Gasteiger partial charge on any atom is -0.465 e. The van der Waals surface area contributed by atoms with Gasteiger partial charge in [0.05, 0.1) is 0 Å². The molecule has 0 bridgehead atoms. The molecule has 17 heavy (non-hydrogen) atoms. The molecular weight excluding hydrogens is 216 g/mol. The summed E-state index contributed by atoms with van der Waals surface area (Å²) in [6.45, 7) is 6.55. The van der Waals surface area contributed by atoms with Gasteiger partial charge in [-0.05, 0) is 31.9 Å². The molecule has 0 aliphatic rings. The van der Waals surface area contributed by atoms with E-state index in [1.165, 1.54) is 4.90 Å². The molecule has 1 aromatic carbocycles. The highest BCUT2D eigenvalue weighted by atomic mass is 16.4. The molecule has 1 amide bonds. The highest BCUT2D eigenvalue weighted by Gasteiger charge is 2.25. The lowest BCUT2D eigenvalue weighted by atomic mass is 10.0. The SMILES string of the molecule is CC(C)(C)N(Cc1ccc(CN)cc1)C(=O)O. The molecule has 0 radical (unpaired) electrons. The van der Waals surface area contributed by atoms with Gasteiger partial charge in [0.1, 0.15) is 0 Å². The Balaban J connectivity index is 2.83. The van der Waals surface area contributed by atoms with Crippen molar-refractivity contribution in [1.29, 1.82) is 0 Å². The molecule has 3 N–H and O–H groups in total. The summed E-state index contributed by atoms with van der Waals surface area (Å²) >= 11 is 0. The first-order chi connectivity index (χ1) is 7.84. The lowest BCUT2D eigenvalue weighted by Crippen LogP contribution is -2.44. The van der Waals surface area contributed by atoms with Crippen LogP contribution in [0.1, 0.15) is 31.9 Å². The van der Waals surface area contributed by atoms with Crippen LogP contribution in [0.5, 0.6) is 0 Å². The molecule has 0 saturated heterocycles. The molecular formula is C13H20N2O2. The predicted octanol–water partition coefficient (Wildman–Crippen LogP) is 2.42. The van der Waals surface area contributed by atoms with E-state index < -0.39 is 11.6 Å².